The Labute approximate surface area is 169 Å². The lowest BCUT2D eigenvalue weighted by atomic mass is 10.1. The van der Waals surface area contributed by atoms with Crippen LogP contribution in [0.1, 0.15) is 16.2 Å². The SMILES string of the molecule is COc1cc(OC)c(C(=O)OCc2nnc(-c3ccc(Br)cc3)o2)cc1OC. The predicted molar refractivity (Wildman–Crippen MR) is 103 cm³/mol. The van der Waals surface area contributed by atoms with Crippen molar-refractivity contribution >= 4 is 21.9 Å². The molecule has 0 fully saturated rings. The smallest absolute Gasteiger partial charge is 0.342 e. The van der Waals surface area contributed by atoms with E-state index in [1.54, 1.807) is 6.07 Å². The number of carbonyl (C=O) groups is 1. The fourth-order valence-corrected chi connectivity index (χ4v) is 2.68. The highest BCUT2D eigenvalue weighted by atomic mass is 79.9. The molecule has 0 atom stereocenters. The summed E-state index contributed by atoms with van der Waals surface area (Å²) in [6.45, 7) is -0.181. The third kappa shape index (κ3) is 4.25. The van der Waals surface area contributed by atoms with Crippen molar-refractivity contribution in [3.63, 3.8) is 0 Å². The average Bonchev–Trinajstić information content (AvgIpc) is 3.20. The summed E-state index contributed by atoms with van der Waals surface area (Å²) in [5.41, 5.74) is 0.947. The zero-order chi connectivity index (χ0) is 20.1. The molecule has 1 heterocycles. The van der Waals surface area contributed by atoms with Gasteiger partial charge in [0.1, 0.15) is 11.3 Å². The molecule has 146 valence electrons. The first-order valence-corrected chi connectivity index (χ1v) is 8.90. The minimum atomic E-state index is -0.624. The van der Waals surface area contributed by atoms with Gasteiger partial charge in [0.05, 0.1) is 21.3 Å². The number of hydrogen-bond acceptors (Lipinski definition) is 8. The molecule has 0 aliphatic heterocycles. The summed E-state index contributed by atoms with van der Waals surface area (Å²) in [6, 6.07) is 10.4. The van der Waals surface area contributed by atoms with E-state index in [-0.39, 0.29) is 18.1 Å². The average molecular weight is 449 g/mol. The molecule has 8 nitrogen and oxygen atoms in total. The molecule has 1 aromatic heterocycles. The van der Waals surface area contributed by atoms with Gasteiger partial charge in [-0.05, 0) is 24.3 Å². The second kappa shape index (κ2) is 8.75. The zero-order valence-electron chi connectivity index (χ0n) is 15.4. The van der Waals surface area contributed by atoms with Gasteiger partial charge in [-0.1, -0.05) is 15.9 Å². The maximum absolute atomic E-state index is 12.5. The van der Waals surface area contributed by atoms with E-state index >= 15 is 0 Å². The summed E-state index contributed by atoms with van der Waals surface area (Å²) in [5.74, 6) is 0.996. The summed E-state index contributed by atoms with van der Waals surface area (Å²) < 4.78 is 27.4. The fraction of sp³-hybridized carbons (Fsp3) is 0.211. The van der Waals surface area contributed by atoms with Crippen molar-refractivity contribution in [1.29, 1.82) is 0 Å². The second-order valence-corrected chi connectivity index (χ2v) is 6.41. The predicted octanol–water partition coefficient (Wildman–Crippen LogP) is 3.88. The lowest BCUT2D eigenvalue weighted by Crippen LogP contribution is -2.08. The first-order chi connectivity index (χ1) is 13.5. The Morgan fingerprint density at radius 1 is 0.964 bits per heavy atom. The number of benzene rings is 2. The molecule has 0 unspecified atom stereocenters. The van der Waals surface area contributed by atoms with E-state index in [2.05, 4.69) is 26.1 Å². The third-order valence-corrected chi connectivity index (χ3v) is 4.34. The molecule has 3 aromatic rings. The number of hydrogen-bond donors (Lipinski definition) is 0. The van der Waals surface area contributed by atoms with E-state index in [0.717, 1.165) is 10.0 Å². The van der Waals surface area contributed by atoms with Crippen molar-refractivity contribution < 1.29 is 28.2 Å². The maximum atomic E-state index is 12.5. The van der Waals surface area contributed by atoms with Gasteiger partial charge < -0.3 is 23.4 Å². The molecule has 0 amide bonds. The van der Waals surface area contributed by atoms with Gasteiger partial charge in [-0.15, -0.1) is 10.2 Å². The van der Waals surface area contributed by atoms with Gasteiger partial charge in [0.25, 0.3) is 5.89 Å². The molecular formula is C19H17BrN2O6. The number of aromatic nitrogens is 2. The number of halogens is 1. The molecule has 0 spiro atoms. The molecule has 9 heteroatoms. The quantitative estimate of drug-likeness (QED) is 0.502. The molecule has 0 aliphatic rings. The van der Waals surface area contributed by atoms with Crippen LogP contribution in [0.5, 0.6) is 17.2 Å². The monoisotopic (exact) mass is 448 g/mol. The summed E-state index contributed by atoms with van der Waals surface area (Å²) >= 11 is 3.37. The molecule has 28 heavy (non-hydrogen) atoms. The van der Waals surface area contributed by atoms with Crippen LogP contribution in [0.15, 0.2) is 45.3 Å². The Morgan fingerprint density at radius 2 is 1.61 bits per heavy atom. The van der Waals surface area contributed by atoms with Crippen molar-refractivity contribution in [2.45, 2.75) is 6.61 Å². The summed E-state index contributed by atoms with van der Waals surface area (Å²) in [5, 5.41) is 7.87. The van der Waals surface area contributed by atoms with Crippen LogP contribution in [-0.2, 0) is 11.3 Å². The van der Waals surface area contributed by atoms with Gasteiger partial charge >= 0.3 is 5.97 Å². The normalized spacial score (nSPS) is 10.4. The van der Waals surface area contributed by atoms with Gasteiger partial charge in [0.15, 0.2) is 18.1 Å². The number of carbonyl (C=O) groups excluding carboxylic acids is 1. The lowest BCUT2D eigenvalue weighted by molar-refractivity contribution is 0.0434. The van der Waals surface area contributed by atoms with Crippen LogP contribution >= 0.6 is 15.9 Å². The number of methoxy groups -OCH3 is 3. The van der Waals surface area contributed by atoms with Crippen molar-refractivity contribution in [2.24, 2.45) is 0 Å². The van der Waals surface area contributed by atoms with E-state index in [1.807, 2.05) is 24.3 Å². The maximum Gasteiger partial charge on any atom is 0.342 e. The van der Waals surface area contributed by atoms with Crippen molar-refractivity contribution in [3.05, 3.63) is 52.3 Å². The standard InChI is InChI=1S/C19H17BrN2O6/c1-24-14-9-16(26-3)15(25-2)8-13(14)19(23)27-10-17-21-22-18(28-17)11-4-6-12(20)7-5-11/h4-9H,10H2,1-3H3. The van der Waals surface area contributed by atoms with Crippen LogP contribution in [0.25, 0.3) is 11.5 Å². The molecule has 2 aromatic carbocycles. The van der Waals surface area contributed by atoms with Crippen LogP contribution in [0.3, 0.4) is 0 Å². The van der Waals surface area contributed by atoms with Crippen molar-refractivity contribution in [1.82, 2.24) is 10.2 Å². The van der Waals surface area contributed by atoms with Gasteiger partial charge in [-0.2, -0.15) is 0 Å². The first-order valence-electron chi connectivity index (χ1n) is 8.11. The topological polar surface area (TPSA) is 92.9 Å². The van der Waals surface area contributed by atoms with Gasteiger partial charge in [-0.3, -0.25) is 0 Å². The Balaban J connectivity index is 1.73. The van der Waals surface area contributed by atoms with Crippen LogP contribution in [0, 0.1) is 0 Å². The molecule has 0 aliphatic carbocycles. The molecule has 3 rings (SSSR count). The Kier molecular flexibility index (Phi) is 6.15. The van der Waals surface area contributed by atoms with E-state index in [1.165, 1.54) is 27.4 Å². The molecule has 0 radical (unpaired) electrons. The van der Waals surface area contributed by atoms with E-state index in [9.17, 15) is 4.79 Å². The van der Waals surface area contributed by atoms with Crippen molar-refractivity contribution in [3.8, 4) is 28.7 Å². The Hall–Kier alpha value is -3.07. The fourth-order valence-electron chi connectivity index (χ4n) is 2.41. The largest absolute Gasteiger partial charge is 0.496 e. The summed E-state index contributed by atoms with van der Waals surface area (Å²) in [6.07, 6.45) is 0. The van der Waals surface area contributed by atoms with E-state index in [4.69, 9.17) is 23.4 Å². The number of esters is 1. The van der Waals surface area contributed by atoms with E-state index < -0.39 is 5.97 Å². The molecule has 0 saturated heterocycles. The van der Waals surface area contributed by atoms with Crippen molar-refractivity contribution in [2.75, 3.05) is 21.3 Å². The van der Waals surface area contributed by atoms with Crippen LogP contribution in [0.4, 0.5) is 0 Å². The lowest BCUT2D eigenvalue weighted by Gasteiger charge is -2.13. The minimum absolute atomic E-state index is 0.172. The first kappa shape index (κ1) is 19.7. The van der Waals surface area contributed by atoms with Crippen LogP contribution < -0.4 is 14.2 Å². The van der Waals surface area contributed by atoms with Gasteiger partial charge in [-0.25, -0.2) is 4.79 Å². The Morgan fingerprint density at radius 3 is 2.25 bits per heavy atom. The minimum Gasteiger partial charge on any atom is -0.496 e. The molecular weight excluding hydrogens is 432 g/mol. The Bertz CT molecular complexity index is 971. The zero-order valence-corrected chi connectivity index (χ0v) is 17.0. The number of nitrogens with zero attached hydrogens (tertiary/aromatic N) is 2. The van der Waals surface area contributed by atoms with Gasteiger partial charge in [0.2, 0.25) is 5.89 Å². The highest BCUT2D eigenvalue weighted by Gasteiger charge is 2.20. The van der Waals surface area contributed by atoms with Gasteiger partial charge in [0, 0.05) is 22.2 Å². The highest BCUT2D eigenvalue weighted by Crippen LogP contribution is 2.35. The summed E-state index contributed by atoms with van der Waals surface area (Å²) in [7, 11) is 4.41. The number of ether oxygens (including phenoxy) is 4. The van der Waals surface area contributed by atoms with E-state index in [0.29, 0.717) is 23.1 Å². The second-order valence-electron chi connectivity index (χ2n) is 5.49. The third-order valence-electron chi connectivity index (χ3n) is 3.81. The highest BCUT2D eigenvalue weighted by molar-refractivity contribution is 9.10. The number of rotatable bonds is 7. The molecule has 0 saturated carbocycles. The molecule has 0 bridgehead atoms. The molecule has 0 N–H and O–H groups in total. The summed E-state index contributed by atoms with van der Waals surface area (Å²) in [4.78, 5) is 12.5. The van der Waals surface area contributed by atoms with Crippen LogP contribution in [-0.4, -0.2) is 37.5 Å². The van der Waals surface area contributed by atoms with Crippen LogP contribution in [0.2, 0.25) is 0 Å².